The van der Waals surface area contributed by atoms with Crippen LogP contribution >= 0.6 is 0 Å². The molecule has 0 saturated carbocycles. The van der Waals surface area contributed by atoms with Crippen molar-refractivity contribution in [3.8, 4) is 17.6 Å². The lowest BCUT2D eigenvalue weighted by atomic mass is 10.1. The van der Waals surface area contributed by atoms with Crippen molar-refractivity contribution in [3.63, 3.8) is 0 Å². The highest BCUT2D eigenvalue weighted by Gasteiger charge is 2.00. The van der Waals surface area contributed by atoms with Crippen LogP contribution in [0.4, 0.5) is 4.79 Å². The average Bonchev–Trinajstić information content (AvgIpc) is 2.74. The second-order valence-electron chi connectivity index (χ2n) is 6.32. The quantitative estimate of drug-likeness (QED) is 0.483. The van der Waals surface area contributed by atoms with Crippen LogP contribution < -0.4 is 15.4 Å². The van der Waals surface area contributed by atoms with E-state index >= 15 is 0 Å². The standard InChI is InChI=1S/C24H24N2O2/c27-24(26-18-9-12-20-10-2-1-3-11-20)25-17-6-7-19-28-23-16-8-14-21-13-4-5-15-22(21)23/h1-5,8,10-11,13-16H,9,12,17-19H2,(H2,25,26,27). The molecule has 0 heterocycles. The van der Waals surface area contributed by atoms with Crippen molar-refractivity contribution < 1.29 is 9.53 Å². The molecule has 2 amide bonds. The summed E-state index contributed by atoms with van der Waals surface area (Å²) in [6.45, 7) is 1.22. The zero-order valence-corrected chi connectivity index (χ0v) is 15.8. The van der Waals surface area contributed by atoms with Gasteiger partial charge in [-0.15, -0.1) is 0 Å². The fraction of sp³-hybridized carbons (Fsp3) is 0.208. The van der Waals surface area contributed by atoms with Crippen molar-refractivity contribution in [1.82, 2.24) is 10.6 Å². The molecule has 142 valence electrons. The molecule has 4 nitrogen and oxygen atoms in total. The number of fused-ring (bicyclic) bond motifs is 1. The van der Waals surface area contributed by atoms with Gasteiger partial charge in [-0.1, -0.05) is 78.6 Å². The van der Waals surface area contributed by atoms with E-state index in [2.05, 4.69) is 46.7 Å². The third kappa shape index (κ3) is 6.07. The van der Waals surface area contributed by atoms with Crippen molar-refractivity contribution in [2.24, 2.45) is 0 Å². The second kappa shape index (κ2) is 10.6. The average molecular weight is 372 g/mol. The highest BCUT2D eigenvalue weighted by molar-refractivity contribution is 5.88. The van der Waals surface area contributed by atoms with E-state index in [4.69, 9.17) is 4.74 Å². The van der Waals surface area contributed by atoms with Crippen LogP contribution in [0.3, 0.4) is 0 Å². The third-order valence-corrected chi connectivity index (χ3v) is 4.28. The molecule has 0 aromatic heterocycles. The Morgan fingerprint density at radius 1 is 0.857 bits per heavy atom. The van der Waals surface area contributed by atoms with Gasteiger partial charge in [-0.3, -0.25) is 0 Å². The van der Waals surface area contributed by atoms with E-state index in [-0.39, 0.29) is 12.6 Å². The molecule has 0 spiro atoms. The first-order valence-electron chi connectivity index (χ1n) is 9.45. The monoisotopic (exact) mass is 372 g/mol. The molecule has 3 aromatic carbocycles. The SMILES string of the molecule is O=C(NCC#CCOc1cccc2ccccc12)NCCCc1ccccc1. The molecule has 3 rings (SSSR count). The lowest BCUT2D eigenvalue weighted by Gasteiger charge is -2.06. The minimum atomic E-state index is -0.197. The van der Waals surface area contributed by atoms with Crippen molar-refractivity contribution >= 4 is 16.8 Å². The van der Waals surface area contributed by atoms with Gasteiger partial charge in [-0.2, -0.15) is 0 Å². The molecular formula is C24H24N2O2. The summed E-state index contributed by atoms with van der Waals surface area (Å²) in [5.74, 6) is 6.65. The summed E-state index contributed by atoms with van der Waals surface area (Å²) >= 11 is 0. The van der Waals surface area contributed by atoms with Crippen LogP contribution in [0, 0.1) is 11.8 Å². The van der Waals surface area contributed by atoms with E-state index in [0.717, 1.165) is 29.4 Å². The minimum absolute atomic E-state index is 0.197. The Kier molecular flexibility index (Phi) is 7.34. The maximum absolute atomic E-state index is 11.7. The van der Waals surface area contributed by atoms with Crippen LogP contribution in [0.5, 0.6) is 5.75 Å². The molecular weight excluding hydrogens is 348 g/mol. The van der Waals surface area contributed by atoms with Crippen molar-refractivity contribution in [2.75, 3.05) is 19.7 Å². The number of benzene rings is 3. The Hall–Kier alpha value is -3.45. The molecule has 4 heteroatoms. The van der Waals surface area contributed by atoms with Gasteiger partial charge in [-0.25, -0.2) is 4.79 Å². The molecule has 0 aliphatic heterocycles. The van der Waals surface area contributed by atoms with Gasteiger partial charge in [0.2, 0.25) is 0 Å². The molecule has 3 aromatic rings. The number of hydrogen-bond acceptors (Lipinski definition) is 2. The van der Waals surface area contributed by atoms with Gasteiger partial charge in [0.25, 0.3) is 0 Å². The van der Waals surface area contributed by atoms with Crippen LogP contribution in [0.25, 0.3) is 10.8 Å². The Morgan fingerprint density at radius 2 is 1.64 bits per heavy atom. The van der Waals surface area contributed by atoms with Crippen molar-refractivity contribution in [3.05, 3.63) is 78.4 Å². The van der Waals surface area contributed by atoms with E-state index in [1.54, 1.807) is 0 Å². The largest absolute Gasteiger partial charge is 0.480 e. The van der Waals surface area contributed by atoms with E-state index in [9.17, 15) is 4.79 Å². The van der Waals surface area contributed by atoms with Crippen molar-refractivity contribution in [1.29, 1.82) is 0 Å². The topological polar surface area (TPSA) is 50.4 Å². The first-order chi connectivity index (χ1) is 13.8. The van der Waals surface area contributed by atoms with Crippen LogP contribution in [0.15, 0.2) is 72.8 Å². The van der Waals surface area contributed by atoms with Gasteiger partial charge < -0.3 is 15.4 Å². The molecule has 0 saturated heterocycles. The fourth-order valence-corrected chi connectivity index (χ4v) is 2.88. The summed E-state index contributed by atoms with van der Waals surface area (Å²) in [6, 6.07) is 24.1. The summed E-state index contributed by atoms with van der Waals surface area (Å²) < 4.78 is 5.75. The fourth-order valence-electron chi connectivity index (χ4n) is 2.88. The molecule has 2 N–H and O–H groups in total. The predicted molar refractivity (Wildman–Crippen MR) is 113 cm³/mol. The number of carbonyl (C=O) groups excluding carboxylic acids is 1. The van der Waals surface area contributed by atoms with Crippen LogP contribution in [0.1, 0.15) is 12.0 Å². The van der Waals surface area contributed by atoms with Gasteiger partial charge in [0.1, 0.15) is 12.4 Å². The maximum atomic E-state index is 11.7. The van der Waals surface area contributed by atoms with Gasteiger partial charge in [0.15, 0.2) is 0 Å². The first kappa shape index (κ1) is 19.3. The van der Waals surface area contributed by atoms with E-state index in [1.807, 2.05) is 48.5 Å². The smallest absolute Gasteiger partial charge is 0.315 e. The lowest BCUT2D eigenvalue weighted by molar-refractivity contribution is 0.242. The Bertz CT molecular complexity index is 953. The van der Waals surface area contributed by atoms with Gasteiger partial charge >= 0.3 is 6.03 Å². The molecule has 0 aliphatic carbocycles. The van der Waals surface area contributed by atoms with E-state index in [0.29, 0.717) is 13.1 Å². The molecule has 28 heavy (non-hydrogen) atoms. The summed E-state index contributed by atoms with van der Waals surface area (Å²) in [5.41, 5.74) is 1.28. The summed E-state index contributed by atoms with van der Waals surface area (Å²) in [5, 5.41) is 7.78. The molecule has 0 atom stereocenters. The number of aryl methyl sites for hydroxylation is 1. The van der Waals surface area contributed by atoms with Gasteiger partial charge in [0, 0.05) is 11.9 Å². The van der Waals surface area contributed by atoms with Crippen LogP contribution in [-0.4, -0.2) is 25.7 Å². The number of rotatable bonds is 7. The first-order valence-corrected chi connectivity index (χ1v) is 9.45. The summed E-state index contributed by atoms with van der Waals surface area (Å²) in [6.07, 6.45) is 1.86. The maximum Gasteiger partial charge on any atom is 0.315 e. The number of carbonyl (C=O) groups is 1. The van der Waals surface area contributed by atoms with Gasteiger partial charge in [-0.05, 0) is 29.9 Å². The summed E-state index contributed by atoms with van der Waals surface area (Å²) in [7, 11) is 0. The normalized spacial score (nSPS) is 10.0. The zero-order chi connectivity index (χ0) is 19.4. The van der Waals surface area contributed by atoms with Gasteiger partial charge in [0.05, 0.1) is 6.54 Å². The zero-order valence-electron chi connectivity index (χ0n) is 15.8. The minimum Gasteiger partial charge on any atom is -0.480 e. The third-order valence-electron chi connectivity index (χ3n) is 4.28. The van der Waals surface area contributed by atoms with Crippen LogP contribution in [-0.2, 0) is 6.42 Å². The number of urea groups is 1. The van der Waals surface area contributed by atoms with Crippen LogP contribution in [0.2, 0.25) is 0 Å². The van der Waals surface area contributed by atoms with Crippen molar-refractivity contribution in [2.45, 2.75) is 12.8 Å². The number of amides is 2. The second-order valence-corrected chi connectivity index (χ2v) is 6.32. The molecule has 0 unspecified atom stereocenters. The summed E-state index contributed by atoms with van der Waals surface area (Å²) in [4.78, 5) is 11.7. The number of ether oxygens (including phenoxy) is 1. The molecule has 0 fully saturated rings. The van der Waals surface area contributed by atoms with E-state index < -0.39 is 0 Å². The Balaban J connectivity index is 1.31. The number of nitrogens with one attached hydrogen (secondary N) is 2. The van der Waals surface area contributed by atoms with E-state index in [1.165, 1.54) is 5.56 Å². The Labute approximate surface area is 165 Å². The Morgan fingerprint density at radius 3 is 2.54 bits per heavy atom. The molecule has 0 bridgehead atoms. The highest BCUT2D eigenvalue weighted by atomic mass is 16.5. The number of hydrogen-bond donors (Lipinski definition) is 2. The molecule has 0 aliphatic rings. The molecule has 0 radical (unpaired) electrons. The highest BCUT2D eigenvalue weighted by Crippen LogP contribution is 2.24. The predicted octanol–water partition coefficient (Wildman–Crippen LogP) is 4.15. The lowest BCUT2D eigenvalue weighted by Crippen LogP contribution is -2.36.